The summed E-state index contributed by atoms with van der Waals surface area (Å²) in [5.74, 6) is -3.79. The van der Waals surface area contributed by atoms with E-state index >= 15 is 0 Å². The maximum Gasteiger partial charge on any atom is 0.298 e. The molecule has 1 unspecified atom stereocenters. The molecule has 46 heavy (non-hydrogen) atoms. The Morgan fingerprint density at radius 2 is 1.22 bits per heavy atom. The summed E-state index contributed by atoms with van der Waals surface area (Å²) in [6.45, 7) is 0.0313. The molecule has 0 radical (unpaired) electrons. The van der Waals surface area contributed by atoms with Crippen LogP contribution >= 0.6 is 0 Å². The Bertz CT molecular complexity index is 1920. The summed E-state index contributed by atoms with van der Waals surface area (Å²) in [7, 11) is 0. The van der Waals surface area contributed by atoms with Crippen molar-refractivity contribution in [1.82, 2.24) is 0 Å². The second-order valence-corrected chi connectivity index (χ2v) is 11.2. The molecule has 5 atom stereocenters. The predicted octanol–water partition coefficient (Wildman–Crippen LogP) is 2.72. The second-order valence-electron chi connectivity index (χ2n) is 11.2. The predicted molar refractivity (Wildman–Crippen MR) is 153 cm³/mol. The normalized spacial score (nSPS) is 22.5. The number of aromatic hydroxyl groups is 6. The summed E-state index contributed by atoms with van der Waals surface area (Å²) in [6.07, 6.45) is -6.87. The van der Waals surface area contributed by atoms with Gasteiger partial charge in [0.1, 0.15) is 35.2 Å². The summed E-state index contributed by atoms with van der Waals surface area (Å²) in [6, 6.07) is 8.81. The van der Waals surface area contributed by atoms with Crippen molar-refractivity contribution in [2.24, 2.45) is 0 Å². The quantitative estimate of drug-likeness (QED) is 0.116. The average molecular weight is 635 g/mol. The van der Waals surface area contributed by atoms with Crippen LogP contribution in [0.3, 0.4) is 0 Å². The van der Waals surface area contributed by atoms with E-state index in [9.17, 15) is 50.8 Å². The first kappa shape index (κ1) is 29.2. The number of aliphatic hydroxyl groups is 3. The van der Waals surface area contributed by atoms with Crippen molar-refractivity contribution in [2.45, 2.75) is 43.4 Å². The number of hydrogen-bond acceptors (Lipinski definition) is 14. The van der Waals surface area contributed by atoms with Crippen molar-refractivity contribution in [1.29, 1.82) is 0 Å². The minimum atomic E-state index is -1.72. The third kappa shape index (κ3) is 4.34. The SMILES string of the molecule is O=COc1c(O)c2c(c3c1O[C@@H](c1ccc(O)c(O)c1)[C@H](O)C3)Oc1cc(O)c3c(c1C2O)O[C@H](c1ccc(O)c(O)c1)[C@@H](O)C3. The Labute approximate surface area is 258 Å². The van der Waals surface area contributed by atoms with Gasteiger partial charge in [-0.05, 0) is 35.4 Å². The molecule has 0 fully saturated rings. The first-order valence-corrected chi connectivity index (χ1v) is 14.0. The molecule has 0 amide bonds. The van der Waals surface area contributed by atoms with Gasteiger partial charge in [0.15, 0.2) is 40.6 Å². The summed E-state index contributed by atoms with van der Waals surface area (Å²) >= 11 is 0. The lowest BCUT2D eigenvalue weighted by molar-refractivity contribution is -0.121. The maximum atomic E-state index is 11.8. The molecule has 3 aliphatic rings. The van der Waals surface area contributed by atoms with E-state index in [2.05, 4.69) is 0 Å². The zero-order valence-electron chi connectivity index (χ0n) is 23.5. The monoisotopic (exact) mass is 634 g/mol. The lowest BCUT2D eigenvalue weighted by Crippen LogP contribution is -2.32. The number of fused-ring (bicyclic) bond motifs is 6. The van der Waals surface area contributed by atoms with Crippen molar-refractivity contribution in [3.05, 3.63) is 75.8 Å². The number of hydrogen-bond donors (Lipinski definition) is 9. The molecule has 0 bridgehead atoms. The molecular formula is C32H26O14. The number of aliphatic hydroxyl groups excluding tert-OH is 3. The van der Waals surface area contributed by atoms with E-state index in [4.69, 9.17) is 18.9 Å². The van der Waals surface area contributed by atoms with Crippen LogP contribution in [0.5, 0.6) is 63.2 Å². The zero-order chi connectivity index (χ0) is 32.6. The van der Waals surface area contributed by atoms with E-state index in [-0.39, 0.29) is 81.4 Å². The summed E-state index contributed by atoms with van der Waals surface area (Å²) in [4.78, 5) is 11.5. The molecule has 0 aromatic heterocycles. The number of phenolic OH excluding ortho intramolecular Hbond substituents is 6. The Balaban J connectivity index is 1.35. The van der Waals surface area contributed by atoms with Gasteiger partial charge in [0.05, 0.1) is 23.3 Å². The lowest BCUT2D eigenvalue weighted by atomic mass is 9.85. The molecule has 14 nitrogen and oxygen atoms in total. The molecule has 3 heterocycles. The van der Waals surface area contributed by atoms with E-state index in [1.807, 2.05) is 0 Å². The highest BCUT2D eigenvalue weighted by molar-refractivity contribution is 5.75. The summed E-state index contributed by atoms with van der Waals surface area (Å²) in [5.41, 5.74) is 0.451. The number of carbonyl (C=O) groups excluding carboxylic acids is 1. The Morgan fingerprint density at radius 3 is 1.78 bits per heavy atom. The van der Waals surface area contributed by atoms with Gasteiger partial charge in [-0.2, -0.15) is 0 Å². The van der Waals surface area contributed by atoms with E-state index in [0.717, 1.165) is 0 Å². The molecule has 3 aliphatic heterocycles. The molecule has 14 heteroatoms. The highest BCUT2D eigenvalue weighted by Gasteiger charge is 2.45. The average Bonchev–Trinajstić information content (AvgIpc) is 3.02. The molecule has 0 spiro atoms. The van der Waals surface area contributed by atoms with Gasteiger partial charge in [0.25, 0.3) is 6.47 Å². The Morgan fingerprint density at radius 1 is 0.652 bits per heavy atom. The van der Waals surface area contributed by atoms with Gasteiger partial charge < -0.3 is 64.9 Å². The van der Waals surface area contributed by atoms with E-state index < -0.39 is 65.0 Å². The molecule has 0 aliphatic carbocycles. The topological polar surface area (TPSA) is 236 Å². The fourth-order valence-corrected chi connectivity index (χ4v) is 6.25. The molecule has 4 aromatic carbocycles. The van der Waals surface area contributed by atoms with Crippen LogP contribution in [0, 0.1) is 0 Å². The van der Waals surface area contributed by atoms with Crippen LogP contribution in [0.2, 0.25) is 0 Å². The first-order chi connectivity index (χ1) is 22.0. The van der Waals surface area contributed by atoms with Crippen LogP contribution in [0.4, 0.5) is 0 Å². The Kier molecular flexibility index (Phi) is 6.66. The Hall–Kier alpha value is -5.57. The maximum absolute atomic E-state index is 11.8. The largest absolute Gasteiger partial charge is 0.507 e. The summed E-state index contributed by atoms with van der Waals surface area (Å²) in [5, 5.41) is 95.5. The molecule has 0 saturated carbocycles. The lowest BCUT2D eigenvalue weighted by Gasteiger charge is -2.38. The number of carbonyl (C=O) groups is 1. The molecule has 7 rings (SSSR count). The highest BCUT2D eigenvalue weighted by atomic mass is 16.6. The molecule has 0 saturated heterocycles. The van der Waals surface area contributed by atoms with Crippen LogP contribution in [-0.4, -0.2) is 64.6 Å². The molecule has 9 N–H and O–H groups in total. The fourth-order valence-electron chi connectivity index (χ4n) is 6.25. The van der Waals surface area contributed by atoms with E-state index in [0.29, 0.717) is 0 Å². The van der Waals surface area contributed by atoms with Gasteiger partial charge in [0, 0.05) is 30.0 Å². The van der Waals surface area contributed by atoms with Crippen molar-refractivity contribution in [3.63, 3.8) is 0 Å². The number of rotatable bonds is 4. The van der Waals surface area contributed by atoms with Gasteiger partial charge in [-0.3, -0.25) is 4.79 Å². The van der Waals surface area contributed by atoms with Gasteiger partial charge in [-0.15, -0.1) is 0 Å². The van der Waals surface area contributed by atoms with E-state index in [1.165, 1.54) is 42.5 Å². The second kappa shape index (κ2) is 10.5. The minimum Gasteiger partial charge on any atom is -0.507 e. The number of ether oxygens (including phenoxy) is 4. The van der Waals surface area contributed by atoms with E-state index in [1.54, 1.807) is 0 Å². The summed E-state index contributed by atoms with van der Waals surface area (Å²) < 4.78 is 23.3. The standard InChI is InChI=1S/C32H26O14/c33-10-43-32-26(42)24-25(41)23-22(9-17(36)13-7-20(39)27(45-29(13)23)11-1-3-15(34)18(37)5-11)44-30(24)14-8-21(40)28(46-31(14)32)12-2-4-16(35)19(38)6-12/h1-6,9-10,20-21,25,27-28,34-42H,7-8H2/t20-,21+,25?,27+,28-/m0/s1. The fraction of sp³-hybridized carbons (Fsp3) is 0.219. The smallest absolute Gasteiger partial charge is 0.298 e. The number of phenols is 6. The van der Waals surface area contributed by atoms with Crippen LogP contribution in [0.15, 0.2) is 42.5 Å². The molecule has 4 aromatic rings. The third-order valence-electron chi connectivity index (χ3n) is 8.43. The number of benzene rings is 4. The van der Waals surface area contributed by atoms with Crippen molar-refractivity contribution in [2.75, 3.05) is 0 Å². The minimum absolute atomic E-state index is 0.0313. The third-order valence-corrected chi connectivity index (χ3v) is 8.43. The van der Waals surface area contributed by atoms with Gasteiger partial charge in [-0.25, -0.2) is 0 Å². The van der Waals surface area contributed by atoms with Crippen LogP contribution in [0.25, 0.3) is 0 Å². The van der Waals surface area contributed by atoms with Crippen molar-refractivity contribution in [3.8, 4) is 63.2 Å². The van der Waals surface area contributed by atoms with Crippen LogP contribution in [-0.2, 0) is 17.6 Å². The van der Waals surface area contributed by atoms with Crippen molar-refractivity contribution >= 4 is 6.47 Å². The highest BCUT2D eigenvalue weighted by Crippen LogP contribution is 2.61. The molecule has 238 valence electrons. The van der Waals surface area contributed by atoms with Crippen LogP contribution < -0.4 is 18.9 Å². The first-order valence-electron chi connectivity index (χ1n) is 14.0. The van der Waals surface area contributed by atoms with Crippen molar-refractivity contribution < 1.29 is 69.7 Å². The van der Waals surface area contributed by atoms with Gasteiger partial charge in [0.2, 0.25) is 5.75 Å². The van der Waals surface area contributed by atoms with Crippen LogP contribution in [0.1, 0.15) is 51.7 Å². The molecular weight excluding hydrogens is 608 g/mol. The zero-order valence-corrected chi connectivity index (χ0v) is 23.5. The van der Waals surface area contributed by atoms with Gasteiger partial charge >= 0.3 is 0 Å². The van der Waals surface area contributed by atoms with Gasteiger partial charge in [-0.1, -0.05) is 12.1 Å².